The molecule has 4 rings (SSSR count). The van der Waals surface area contributed by atoms with Gasteiger partial charge in [-0.25, -0.2) is 0 Å². The number of carbonyl (C=O) groups is 1. The van der Waals surface area contributed by atoms with Gasteiger partial charge in [-0.1, -0.05) is 6.07 Å². The summed E-state index contributed by atoms with van der Waals surface area (Å²) in [6.45, 7) is 6.66. The van der Waals surface area contributed by atoms with Crippen LogP contribution in [0.5, 0.6) is 0 Å². The van der Waals surface area contributed by atoms with E-state index >= 15 is 0 Å². The molecule has 3 heterocycles. The van der Waals surface area contributed by atoms with Crippen LogP contribution >= 0.6 is 0 Å². The lowest BCUT2D eigenvalue weighted by Crippen LogP contribution is -2.41. The molecule has 7 heteroatoms. The highest BCUT2D eigenvalue weighted by Crippen LogP contribution is 2.33. The van der Waals surface area contributed by atoms with E-state index < -0.39 is 0 Å². The van der Waals surface area contributed by atoms with Crippen LogP contribution in [0.2, 0.25) is 0 Å². The van der Waals surface area contributed by atoms with Crippen molar-refractivity contribution in [2.24, 2.45) is 0 Å². The van der Waals surface area contributed by atoms with Gasteiger partial charge in [0.2, 0.25) is 0 Å². The molecule has 0 atom stereocenters. The molecule has 0 saturated carbocycles. The fraction of sp³-hybridized carbons (Fsp3) is 0.611. The Morgan fingerprint density at radius 3 is 2.20 bits per heavy atom. The van der Waals surface area contributed by atoms with E-state index in [4.69, 9.17) is 18.9 Å². The number of carbonyl (C=O) groups excluding carboxylic acids is 1. The van der Waals surface area contributed by atoms with E-state index in [0.29, 0.717) is 58.3 Å². The van der Waals surface area contributed by atoms with Gasteiger partial charge in [0.15, 0.2) is 6.29 Å². The third-order valence-electron chi connectivity index (χ3n) is 4.80. The third-order valence-corrected chi connectivity index (χ3v) is 4.80. The fourth-order valence-corrected chi connectivity index (χ4v) is 3.44. The third kappa shape index (κ3) is 3.64. The predicted molar refractivity (Wildman–Crippen MR) is 90.8 cm³/mol. The summed E-state index contributed by atoms with van der Waals surface area (Å²) in [4.78, 5) is 16.9. The molecule has 3 saturated heterocycles. The van der Waals surface area contributed by atoms with Gasteiger partial charge in [0.1, 0.15) is 0 Å². The number of hydrogen-bond acceptors (Lipinski definition) is 6. The zero-order chi connectivity index (χ0) is 17.1. The van der Waals surface area contributed by atoms with Crippen LogP contribution in [0, 0.1) is 0 Å². The topological polar surface area (TPSA) is 60.5 Å². The Hall–Kier alpha value is -1.67. The van der Waals surface area contributed by atoms with Crippen LogP contribution in [-0.4, -0.2) is 76.6 Å². The largest absolute Gasteiger partial charge is 0.378 e. The number of ether oxygens (including phenoxy) is 4. The van der Waals surface area contributed by atoms with E-state index in [-0.39, 0.29) is 12.2 Å². The van der Waals surface area contributed by atoms with Crippen molar-refractivity contribution in [1.82, 2.24) is 4.90 Å². The van der Waals surface area contributed by atoms with Gasteiger partial charge in [-0.3, -0.25) is 4.79 Å². The van der Waals surface area contributed by atoms with Crippen LogP contribution < -0.4 is 4.90 Å². The Morgan fingerprint density at radius 2 is 1.52 bits per heavy atom. The molecule has 25 heavy (non-hydrogen) atoms. The lowest BCUT2D eigenvalue weighted by Gasteiger charge is -2.32. The number of rotatable bonds is 3. The minimum absolute atomic E-state index is 0.0534. The van der Waals surface area contributed by atoms with Crippen molar-refractivity contribution >= 4 is 11.6 Å². The van der Waals surface area contributed by atoms with E-state index in [9.17, 15) is 4.79 Å². The first-order valence-electron chi connectivity index (χ1n) is 8.90. The Bertz CT molecular complexity index is 605. The Kier molecular flexibility index (Phi) is 5.17. The number of morpholine rings is 2. The van der Waals surface area contributed by atoms with Crippen molar-refractivity contribution in [2.75, 3.05) is 70.7 Å². The molecule has 0 N–H and O–H groups in total. The van der Waals surface area contributed by atoms with Crippen molar-refractivity contribution in [1.29, 1.82) is 0 Å². The average Bonchev–Trinajstić information content (AvgIpc) is 3.23. The first-order chi connectivity index (χ1) is 12.3. The summed E-state index contributed by atoms with van der Waals surface area (Å²) in [5.41, 5.74) is 2.69. The molecule has 0 aliphatic carbocycles. The van der Waals surface area contributed by atoms with E-state index in [1.807, 2.05) is 23.1 Å². The molecule has 0 radical (unpaired) electrons. The lowest BCUT2D eigenvalue weighted by atomic mass is 10.1. The SMILES string of the molecule is O=C(c1ccc(C2OCCO2)c(N2CCOCC2)c1)N1CCOCC1. The lowest BCUT2D eigenvalue weighted by molar-refractivity contribution is -0.0438. The summed E-state index contributed by atoms with van der Waals surface area (Å²) in [5, 5.41) is 0. The monoisotopic (exact) mass is 348 g/mol. The first-order valence-corrected chi connectivity index (χ1v) is 8.90. The summed E-state index contributed by atoms with van der Waals surface area (Å²) in [6, 6.07) is 5.82. The van der Waals surface area contributed by atoms with Crippen LogP contribution in [-0.2, 0) is 18.9 Å². The van der Waals surface area contributed by atoms with E-state index in [1.165, 1.54) is 0 Å². The summed E-state index contributed by atoms with van der Waals surface area (Å²) in [6.07, 6.45) is -0.356. The number of amides is 1. The highest BCUT2D eigenvalue weighted by Gasteiger charge is 2.27. The van der Waals surface area contributed by atoms with Gasteiger partial charge in [0.25, 0.3) is 5.91 Å². The smallest absolute Gasteiger partial charge is 0.254 e. The molecule has 7 nitrogen and oxygen atoms in total. The van der Waals surface area contributed by atoms with E-state index in [2.05, 4.69) is 4.90 Å². The van der Waals surface area contributed by atoms with Gasteiger partial charge in [0, 0.05) is 43.0 Å². The Balaban J connectivity index is 1.63. The average molecular weight is 348 g/mol. The molecule has 1 aromatic carbocycles. The maximum absolute atomic E-state index is 12.8. The second kappa shape index (κ2) is 7.70. The van der Waals surface area contributed by atoms with E-state index in [1.54, 1.807) is 0 Å². The van der Waals surface area contributed by atoms with Crippen molar-refractivity contribution in [3.05, 3.63) is 29.3 Å². The first kappa shape index (κ1) is 16.8. The highest BCUT2D eigenvalue weighted by atomic mass is 16.7. The van der Waals surface area contributed by atoms with Crippen LogP contribution in [0.4, 0.5) is 5.69 Å². The van der Waals surface area contributed by atoms with Gasteiger partial charge in [-0.2, -0.15) is 0 Å². The zero-order valence-electron chi connectivity index (χ0n) is 14.3. The van der Waals surface area contributed by atoms with Crippen LogP contribution in [0.15, 0.2) is 18.2 Å². The van der Waals surface area contributed by atoms with Gasteiger partial charge in [-0.15, -0.1) is 0 Å². The molecule has 0 spiro atoms. The molecule has 0 bridgehead atoms. The van der Waals surface area contributed by atoms with Crippen molar-refractivity contribution < 1.29 is 23.7 Å². The number of nitrogens with zero attached hydrogens (tertiary/aromatic N) is 2. The second-order valence-corrected chi connectivity index (χ2v) is 6.35. The normalized spacial score (nSPS) is 22.4. The number of anilines is 1. The van der Waals surface area contributed by atoms with Gasteiger partial charge in [-0.05, 0) is 12.1 Å². The number of hydrogen-bond donors (Lipinski definition) is 0. The van der Waals surface area contributed by atoms with Gasteiger partial charge >= 0.3 is 0 Å². The predicted octanol–water partition coefficient (Wildman–Crippen LogP) is 1.04. The molecule has 0 unspecified atom stereocenters. The van der Waals surface area contributed by atoms with Gasteiger partial charge < -0.3 is 28.7 Å². The van der Waals surface area contributed by atoms with E-state index in [0.717, 1.165) is 24.3 Å². The molecule has 1 aromatic rings. The molecule has 3 fully saturated rings. The zero-order valence-corrected chi connectivity index (χ0v) is 14.3. The molecule has 136 valence electrons. The highest BCUT2D eigenvalue weighted by molar-refractivity contribution is 5.95. The van der Waals surface area contributed by atoms with Crippen LogP contribution in [0.3, 0.4) is 0 Å². The number of benzene rings is 1. The Morgan fingerprint density at radius 1 is 0.880 bits per heavy atom. The molecule has 3 aliphatic rings. The maximum atomic E-state index is 12.8. The second-order valence-electron chi connectivity index (χ2n) is 6.35. The van der Waals surface area contributed by atoms with Crippen molar-refractivity contribution in [3.63, 3.8) is 0 Å². The quantitative estimate of drug-likeness (QED) is 0.814. The fourth-order valence-electron chi connectivity index (χ4n) is 3.44. The summed E-state index contributed by atoms with van der Waals surface area (Å²) >= 11 is 0. The van der Waals surface area contributed by atoms with Crippen molar-refractivity contribution in [2.45, 2.75) is 6.29 Å². The summed E-state index contributed by atoms with van der Waals surface area (Å²) in [7, 11) is 0. The minimum Gasteiger partial charge on any atom is -0.378 e. The van der Waals surface area contributed by atoms with Gasteiger partial charge in [0.05, 0.1) is 39.6 Å². The molecular weight excluding hydrogens is 324 g/mol. The van der Waals surface area contributed by atoms with Crippen molar-refractivity contribution in [3.8, 4) is 0 Å². The summed E-state index contributed by atoms with van der Waals surface area (Å²) < 4.78 is 22.2. The minimum atomic E-state index is -0.356. The maximum Gasteiger partial charge on any atom is 0.254 e. The Labute approximate surface area is 147 Å². The molecule has 3 aliphatic heterocycles. The summed E-state index contributed by atoms with van der Waals surface area (Å²) in [5.74, 6) is 0.0534. The van der Waals surface area contributed by atoms with Crippen LogP contribution in [0.1, 0.15) is 22.2 Å². The molecule has 1 amide bonds. The standard InChI is InChI=1S/C18H24N2O5/c21-17(20-5-9-23-10-6-20)14-1-2-15(18-24-11-12-25-18)16(13-14)19-3-7-22-8-4-19/h1-2,13,18H,3-12H2. The molecular formula is C18H24N2O5. The molecule has 0 aromatic heterocycles. The van der Waals surface area contributed by atoms with Crippen LogP contribution in [0.25, 0.3) is 0 Å².